The van der Waals surface area contributed by atoms with Crippen molar-refractivity contribution in [2.75, 3.05) is 16.9 Å². The van der Waals surface area contributed by atoms with E-state index in [1.165, 1.54) is 18.2 Å². The average molecular weight is 330 g/mol. The number of anilines is 2. The summed E-state index contributed by atoms with van der Waals surface area (Å²) in [4.78, 5) is 26.2. The first-order chi connectivity index (χ1) is 10.7. The van der Waals surface area contributed by atoms with Crippen LogP contribution in [0.5, 0.6) is 0 Å². The first kappa shape index (κ1) is 15.2. The maximum absolute atomic E-state index is 12.6. The van der Waals surface area contributed by atoms with Gasteiger partial charge in [-0.15, -0.1) is 0 Å². The number of nitrogens with zero attached hydrogens (tertiary/aromatic N) is 1. The van der Waals surface area contributed by atoms with Crippen LogP contribution >= 0.6 is 0 Å². The van der Waals surface area contributed by atoms with Crippen molar-refractivity contribution in [3.8, 4) is 0 Å². The van der Waals surface area contributed by atoms with Gasteiger partial charge in [0.05, 0.1) is 21.7 Å². The quantitative estimate of drug-likeness (QED) is 0.668. The molecule has 118 valence electrons. The van der Waals surface area contributed by atoms with Gasteiger partial charge in [0.15, 0.2) is 9.84 Å². The summed E-state index contributed by atoms with van der Waals surface area (Å²) in [5, 5.41) is 0. The first-order valence-corrected chi connectivity index (χ1v) is 8.68. The Balaban J connectivity index is 2.14. The molecule has 2 N–H and O–H groups in total. The Bertz CT molecular complexity index is 964. The third kappa shape index (κ3) is 2.39. The fourth-order valence-corrected chi connectivity index (χ4v) is 3.25. The van der Waals surface area contributed by atoms with Gasteiger partial charge in [0.1, 0.15) is 0 Å². The van der Waals surface area contributed by atoms with Gasteiger partial charge in [-0.2, -0.15) is 0 Å². The van der Waals surface area contributed by atoms with Crippen LogP contribution in [0.3, 0.4) is 0 Å². The molecule has 0 unspecified atom stereocenters. The van der Waals surface area contributed by atoms with Crippen molar-refractivity contribution < 1.29 is 18.0 Å². The molecular formula is C16H14N2O4S. The molecule has 0 bridgehead atoms. The van der Waals surface area contributed by atoms with Gasteiger partial charge in [-0.3, -0.25) is 9.59 Å². The zero-order valence-corrected chi connectivity index (χ0v) is 13.3. The maximum Gasteiger partial charge on any atom is 0.266 e. The first-order valence-electron chi connectivity index (χ1n) is 6.79. The van der Waals surface area contributed by atoms with Gasteiger partial charge < -0.3 is 5.73 Å². The van der Waals surface area contributed by atoms with Gasteiger partial charge >= 0.3 is 0 Å². The average Bonchev–Trinajstić information content (AvgIpc) is 2.71. The Labute approximate surface area is 133 Å². The third-order valence-corrected chi connectivity index (χ3v) is 4.86. The third-order valence-electron chi connectivity index (χ3n) is 3.75. The SMILES string of the molecule is Cc1cc(N)ccc1N1C(=O)c2ccc(S(C)(=O)=O)cc2C1=O. The second kappa shape index (κ2) is 4.92. The fourth-order valence-electron chi connectivity index (χ4n) is 2.60. The van der Waals surface area contributed by atoms with Crippen molar-refractivity contribution in [2.45, 2.75) is 11.8 Å². The molecule has 0 radical (unpaired) electrons. The molecule has 0 spiro atoms. The molecular weight excluding hydrogens is 316 g/mol. The number of carbonyl (C=O) groups is 2. The lowest BCUT2D eigenvalue weighted by atomic mass is 10.1. The Morgan fingerprint density at radius 3 is 2.22 bits per heavy atom. The normalized spacial score (nSPS) is 14.3. The van der Waals surface area contributed by atoms with Crippen LogP contribution in [0.25, 0.3) is 0 Å². The highest BCUT2D eigenvalue weighted by Crippen LogP contribution is 2.32. The summed E-state index contributed by atoms with van der Waals surface area (Å²) in [6, 6.07) is 8.83. The minimum Gasteiger partial charge on any atom is -0.399 e. The predicted molar refractivity (Wildman–Crippen MR) is 86.3 cm³/mol. The van der Waals surface area contributed by atoms with E-state index in [0.29, 0.717) is 16.9 Å². The van der Waals surface area contributed by atoms with Crippen molar-refractivity contribution >= 4 is 33.0 Å². The van der Waals surface area contributed by atoms with Crippen LogP contribution in [0.4, 0.5) is 11.4 Å². The number of hydrogen-bond donors (Lipinski definition) is 1. The summed E-state index contributed by atoms with van der Waals surface area (Å²) in [5.74, 6) is -1.01. The molecule has 2 aromatic rings. The molecule has 6 nitrogen and oxygen atoms in total. The Hall–Kier alpha value is -2.67. The largest absolute Gasteiger partial charge is 0.399 e. The molecule has 1 heterocycles. The summed E-state index contributed by atoms with van der Waals surface area (Å²) in [6.07, 6.45) is 1.05. The number of carbonyl (C=O) groups excluding carboxylic acids is 2. The van der Waals surface area contributed by atoms with E-state index in [0.717, 1.165) is 11.2 Å². The molecule has 23 heavy (non-hydrogen) atoms. The van der Waals surface area contributed by atoms with Crippen LogP contribution in [0.2, 0.25) is 0 Å². The minimum atomic E-state index is -3.46. The van der Waals surface area contributed by atoms with E-state index in [1.807, 2.05) is 0 Å². The number of sulfone groups is 1. The van der Waals surface area contributed by atoms with Crippen LogP contribution < -0.4 is 10.6 Å². The van der Waals surface area contributed by atoms with Crippen molar-refractivity contribution in [3.63, 3.8) is 0 Å². The van der Waals surface area contributed by atoms with Crippen molar-refractivity contribution in [2.24, 2.45) is 0 Å². The number of nitrogen functional groups attached to an aromatic ring is 1. The Kier molecular flexibility index (Phi) is 3.26. The van der Waals surface area contributed by atoms with Crippen LogP contribution in [-0.2, 0) is 9.84 Å². The number of nitrogens with two attached hydrogens (primary N) is 1. The number of hydrogen-bond acceptors (Lipinski definition) is 5. The van der Waals surface area contributed by atoms with Gasteiger partial charge in [0.25, 0.3) is 11.8 Å². The van der Waals surface area contributed by atoms with Gasteiger partial charge in [0, 0.05) is 11.9 Å². The van der Waals surface area contributed by atoms with Crippen molar-refractivity contribution in [1.82, 2.24) is 0 Å². The van der Waals surface area contributed by atoms with E-state index in [2.05, 4.69) is 0 Å². The van der Waals surface area contributed by atoms with E-state index in [-0.39, 0.29) is 16.0 Å². The molecule has 3 rings (SSSR count). The minimum absolute atomic E-state index is 0.00766. The fraction of sp³-hybridized carbons (Fsp3) is 0.125. The summed E-state index contributed by atoms with van der Waals surface area (Å²) >= 11 is 0. The Morgan fingerprint density at radius 2 is 1.61 bits per heavy atom. The topological polar surface area (TPSA) is 97.5 Å². The second-order valence-electron chi connectivity index (χ2n) is 5.47. The van der Waals surface area contributed by atoms with E-state index in [4.69, 9.17) is 5.73 Å². The van der Waals surface area contributed by atoms with E-state index < -0.39 is 21.7 Å². The molecule has 1 aliphatic rings. The van der Waals surface area contributed by atoms with Gasteiger partial charge in [0.2, 0.25) is 0 Å². The maximum atomic E-state index is 12.6. The molecule has 2 aromatic carbocycles. The van der Waals surface area contributed by atoms with Crippen LogP contribution in [-0.4, -0.2) is 26.5 Å². The number of rotatable bonds is 2. The lowest BCUT2D eigenvalue weighted by Gasteiger charge is -2.16. The number of amides is 2. The molecule has 0 aromatic heterocycles. The molecule has 0 saturated heterocycles. The van der Waals surface area contributed by atoms with E-state index >= 15 is 0 Å². The summed E-state index contributed by atoms with van der Waals surface area (Å²) in [6.45, 7) is 1.75. The predicted octanol–water partition coefficient (Wildman–Crippen LogP) is 1.78. The molecule has 0 aliphatic carbocycles. The van der Waals surface area contributed by atoms with E-state index in [9.17, 15) is 18.0 Å². The highest BCUT2D eigenvalue weighted by molar-refractivity contribution is 7.90. The molecule has 0 fully saturated rings. The zero-order chi connectivity index (χ0) is 16.9. The molecule has 0 saturated carbocycles. The smallest absolute Gasteiger partial charge is 0.266 e. The van der Waals surface area contributed by atoms with E-state index in [1.54, 1.807) is 25.1 Å². The van der Waals surface area contributed by atoms with Crippen molar-refractivity contribution in [1.29, 1.82) is 0 Å². The lowest BCUT2D eigenvalue weighted by molar-refractivity contribution is 0.0926. The van der Waals surface area contributed by atoms with Crippen LogP contribution in [0.1, 0.15) is 26.3 Å². The lowest BCUT2D eigenvalue weighted by Crippen LogP contribution is -2.30. The van der Waals surface area contributed by atoms with Gasteiger partial charge in [-0.25, -0.2) is 13.3 Å². The summed E-state index contributed by atoms with van der Waals surface area (Å²) in [5.41, 5.74) is 7.63. The Morgan fingerprint density at radius 1 is 0.957 bits per heavy atom. The number of imide groups is 1. The molecule has 1 aliphatic heterocycles. The molecule has 2 amide bonds. The van der Waals surface area contributed by atoms with Crippen LogP contribution in [0.15, 0.2) is 41.3 Å². The summed E-state index contributed by atoms with van der Waals surface area (Å²) in [7, 11) is -3.46. The highest BCUT2D eigenvalue weighted by Gasteiger charge is 2.37. The zero-order valence-electron chi connectivity index (χ0n) is 12.5. The second-order valence-corrected chi connectivity index (χ2v) is 7.49. The van der Waals surface area contributed by atoms with Gasteiger partial charge in [-0.1, -0.05) is 0 Å². The summed E-state index contributed by atoms with van der Waals surface area (Å²) < 4.78 is 23.3. The standard InChI is InChI=1S/C16H14N2O4S/c1-9-7-10(17)3-6-14(9)18-15(19)12-5-4-11(23(2,21)22)8-13(12)16(18)20/h3-8H,17H2,1-2H3. The number of benzene rings is 2. The molecule has 0 atom stereocenters. The van der Waals surface area contributed by atoms with Crippen molar-refractivity contribution in [3.05, 3.63) is 53.1 Å². The number of fused-ring (bicyclic) bond motifs is 1. The monoisotopic (exact) mass is 330 g/mol. The molecule has 7 heteroatoms. The number of aryl methyl sites for hydroxylation is 1. The highest BCUT2D eigenvalue weighted by atomic mass is 32.2. The van der Waals surface area contributed by atoms with Gasteiger partial charge in [-0.05, 0) is 48.9 Å². The van der Waals surface area contributed by atoms with Crippen LogP contribution in [0, 0.1) is 6.92 Å².